The Morgan fingerprint density at radius 3 is 2.71 bits per heavy atom. The molecule has 1 N–H and O–H groups in total. The monoisotopic (exact) mass is 236 g/mol. The van der Waals surface area contributed by atoms with E-state index in [-0.39, 0.29) is 5.78 Å². The molecule has 3 nitrogen and oxygen atoms in total. The van der Waals surface area contributed by atoms with E-state index in [1.54, 1.807) is 0 Å². The van der Waals surface area contributed by atoms with Gasteiger partial charge in [0.2, 0.25) is 0 Å². The van der Waals surface area contributed by atoms with Crippen LogP contribution in [0.1, 0.15) is 37.7 Å². The van der Waals surface area contributed by atoms with Crippen molar-refractivity contribution in [2.75, 3.05) is 0 Å². The number of hydrogen-bond donors (Lipinski definition) is 1. The van der Waals surface area contributed by atoms with E-state index in [2.05, 4.69) is 6.58 Å². The van der Waals surface area contributed by atoms with Gasteiger partial charge in [-0.25, -0.2) is 0 Å². The number of hydrogen-bond acceptors (Lipinski definition) is 3. The first-order valence-corrected chi connectivity index (χ1v) is 5.94. The van der Waals surface area contributed by atoms with Crippen LogP contribution < -0.4 is 0 Å². The molecule has 0 bridgehead atoms. The summed E-state index contributed by atoms with van der Waals surface area (Å²) in [5.41, 5.74) is 0.304. The van der Waals surface area contributed by atoms with E-state index in [0.717, 1.165) is 30.8 Å². The van der Waals surface area contributed by atoms with Crippen LogP contribution in [0.25, 0.3) is 0 Å². The fourth-order valence-corrected chi connectivity index (χ4v) is 1.67. The summed E-state index contributed by atoms with van der Waals surface area (Å²) in [6, 6.07) is 3.92. The highest BCUT2D eigenvalue weighted by Gasteiger charge is 2.12. The number of aliphatic hydroxyl groups excluding tert-OH is 1. The first-order chi connectivity index (χ1) is 8.00. The van der Waals surface area contributed by atoms with Crippen molar-refractivity contribution in [2.24, 2.45) is 0 Å². The van der Waals surface area contributed by atoms with Gasteiger partial charge in [0.15, 0.2) is 5.78 Å². The van der Waals surface area contributed by atoms with Crippen molar-refractivity contribution in [3.63, 3.8) is 0 Å². The number of Topliss-reactive ketones (excluding diaryl/α,β-unsaturated/α-hetero) is 1. The predicted octanol–water partition coefficient (Wildman–Crippen LogP) is 2.81. The second kappa shape index (κ2) is 6.40. The van der Waals surface area contributed by atoms with Crippen molar-refractivity contribution in [3.8, 4) is 0 Å². The lowest BCUT2D eigenvalue weighted by molar-refractivity contribution is -0.114. The zero-order chi connectivity index (χ0) is 12.8. The Morgan fingerprint density at radius 1 is 1.47 bits per heavy atom. The lowest BCUT2D eigenvalue weighted by atomic mass is 10.0. The van der Waals surface area contributed by atoms with Crippen LogP contribution in [0.5, 0.6) is 0 Å². The van der Waals surface area contributed by atoms with Gasteiger partial charge in [-0.15, -0.1) is 0 Å². The van der Waals surface area contributed by atoms with Crippen molar-refractivity contribution in [1.82, 2.24) is 0 Å². The number of carbonyl (C=O) groups excluding carboxylic acids is 1. The van der Waals surface area contributed by atoms with Gasteiger partial charge in [-0.2, -0.15) is 0 Å². The fourth-order valence-electron chi connectivity index (χ4n) is 1.67. The maximum atomic E-state index is 11.0. The van der Waals surface area contributed by atoms with Crippen LogP contribution in [0, 0.1) is 6.92 Å². The number of unbranched alkanes of at least 4 members (excludes halogenated alkanes) is 1. The summed E-state index contributed by atoms with van der Waals surface area (Å²) in [7, 11) is 0. The van der Waals surface area contributed by atoms with E-state index in [4.69, 9.17) is 4.42 Å². The van der Waals surface area contributed by atoms with Gasteiger partial charge in [0.25, 0.3) is 0 Å². The molecule has 1 rings (SSSR count). The van der Waals surface area contributed by atoms with Crippen LogP contribution in [0.3, 0.4) is 0 Å². The molecule has 0 spiro atoms. The Balaban J connectivity index is 2.20. The molecule has 0 saturated heterocycles. The summed E-state index contributed by atoms with van der Waals surface area (Å²) >= 11 is 0. The molecule has 1 unspecified atom stereocenters. The Labute approximate surface area is 102 Å². The van der Waals surface area contributed by atoms with E-state index in [9.17, 15) is 9.90 Å². The largest absolute Gasteiger partial charge is 0.466 e. The lowest BCUT2D eigenvalue weighted by Gasteiger charge is -2.10. The Kier molecular flexibility index (Phi) is 5.16. The summed E-state index contributed by atoms with van der Waals surface area (Å²) in [5.74, 6) is 1.76. The maximum absolute atomic E-state index is 11.0. The van der Waals surface area contributed by atoms with Gasteiger partial charge in [-0.1, -0.05) is 13.0 Å². The quantitative estimate of drug-likeness (QED) is 0.585. The molecular formula is C14H20O3. The van der Waals surface area contributed by atoms with E-state index < -0.39 is 6.10 Å². The average Bonchev–Trinajstić information content (AvgIpc) is 2.69. The number of rotatable bonds is 7. The molecule has 1 heterocycles. The summed E-state index contributed by atoms with van der Waals surface area (Å²) in [5, 5.41) is 9.65. The van der Waals surface area contributed by atoms with Gasteiger partial charge < -0.3 is 9.52 Å². The number of ketones is 1. The maximum Gasteiger partial charge on any atom is 0.157 e. The number of aryl methyl sites for hydroxylation is 2. The highest BCUT2D eigenvalue weighted by atomic mass is 16.3. The van der Waals surface area contributed by atoms with E-state index in [1.807, 2.05) is 19.1 Å². The standard InChI is InChI=1S/C14H20O3/c1-10-8-9-13(17-10)6-4-5-7-14(16)11(2)12(3)15/h8-9,14,16H,2,4-7H2,1,3H3. The molecule has 94 valence electrons. The molecule has 0 aliphatic heterocycles. The molecule has 1 atom stereocenters. The molecule has 1 aromatic rings. The molecule has 0 fully saturated rings. The van der Waals surface area contributed by atoms with Gasteiger partial charge in [0.1, 0.15) is 11.5 Å². The van der Waals surface area contributed by atoms with Gasteiger partial charge in [0, 0.05) is 12.0 Å². The fraction of sp³-hybridized carbons (Fsp3) is 0.500. The van der Waals surface area contributed by atoms with Crippen LogP contribution in [0.4, 0.5) is 0 Å². The lowest BCUT2D eigenvalue weighted by Crippen LogP contribution is -2.14. The van der Waals surface area contributed by atoms with Gasteiger partial charge in [0.05, 0.1) is 6.10 Å². The predicted molar refractivity (Wildman–Crippen MR) is 66.8 cm³/mol. The third-order valence-electron chi connectivity index (χ3n) is 2.80. The second-order valence-electron chi connectivity index (χ2n) is 4.36. The SMILES string of the molecule is C=C(C(C)=O)C(O)CCCCc1ccc(C)o1. The minimum absolute atomic E-state index is 0.140. The molecule has 17 heavy (non-hydrogen) atoms. The van der Waals surface area contributed by atoms with Crippen LogP contribution in [-0.2, 0) is 11.2 Å². The second-order valence-corrected chi connectivity index (χ2v) is 4.36. The summed E-state index contributed by atoms with van der Waals surface area (Å²) < 4.78 is 5.44. The summed E-state index contributed by atoms with van der Waals surface area (Å²) in [6.45, 7) is 6.92. The van der Waals surface area contributed by atoms with Crippen LogP contribution in [0.2, 0.25) is 0 Å². The van der Waals surface area contributed by atoms with Crippen molar-refractivity contribution >= 4 is 5.78 Å². The first-order valence-electron chi connectivity index (χ1n) is 5.94. The molecule has 0 aliphatic rings. The average molecular weight is 236 g/mol. The molecule has 0 amide bonds. The Morgan fingerprint density at radius 2 is 2.18 bits per heavy atom. The highest BCUT2D eigenvalue weighted by molar-refractivity contribution is 5.93. The molecular weight excluding hydrogens is 216 g/mol. The number of furan rings is 1. The third-order valence-corrected chi connectivity index (χ3v) is 2.80. The topological polar surface area (TPSA) is 50.4 Å². The van der Waals surface area contributed by atoms with E-state index >= 15 is 0 Å². The van der Waals surface area contributed by atoms with Crippen LogP contribution in [0.15, 0.2) is 28.7 Å². The highest BCUT2D eigenvalue weighted by Crippen LogP contribution is 2.13. The number of aliphatic hydroxyl groups is 1. The smallest absolute Gasteiger partial charge is 0.157 e. The van der Waals surface area contributed by atoms with Gasteiger partial charge in [-0.3, -0.25) is 4.79 Å². The molecule has 0 aromatic carbocycles. The summed E-state index contributed by atoms with van der Waals surface area (Å²) in [4.78, 5) is 11.0. The third kappa shape index (κ3) is 4.57. The van der Waals surface area contributed by atoms with Crippen LogP contribution >= 0.6 is 0 Å². The van der Waals surface area contributed by atoms with Crippen LogP contribution in [-0.4, -0.2) is 17.0 Å². The molecule has 0 radical (unpaired) electrons. The Hall–Kier alpha value is -1.35. The van der Waals surface area contributed by atoms with Crippen molar-refractivity contribution in [2.45, 2.75) is 45.6 Å². The Bertz CT molecular complexity index is 390. The van der Waals surface area contributed by atoms with E-state index in [0.29, 0.717) is 12.0 Å². The normalized spacial score (nSPS) is 12.4. The van der Waals surface area contributed by atoms with E-state index in [1.165, 1.54) is 6.92 Å². The zero-order valence-electron chi connectivity index (χ0n) is 10.5. The van der Waals surface area contributed by atoms with Crippen molar-refractivity contribution in [3.05, 3.63) is 35.8 Å². The molecule has 3 heteroatoms. The first kappa shape index (κ1) is 13.7. The van der Waals surface area contributed by atoms with Crippen molar-refractivity contribution < 1.29 is 14.3 Å². The zero-order valence-corrected chi connectivity index (χ0v) is 10.5. The summed E-state index contributed by atoms with van der Waals surface area (Å²) in [6.07, 6.45) is 2.54. The van der Waals surface area contributed by atoms with Gasteiger partial charge in [-0.05, 0) is 38.8 Å². The molecule has 0 saturated carbocycles. The van der Waals surface area contributed by atoms with Gasteiger partial charge >= 0.3 is 0 Å². The minimum Gasteiger partial charge on any atom is -0.466 e. The molecule has 1 aromatic heterocycles. The number of carbonyl (C=O) groups is 1. The minimum atomic E-state index is -0.703. The van der Waals surface area contributed by atoms with Crippen molar-refractivity contribution in [1.29, 1.82) is 0 Å². The molecule has 0 aliphatic carbocycles.